The molecule has 0 spiro atoms. The van der Waals surface area contributed by atoms with Gasteiger partial charge >= 0.3 is 11.9 Å². The third-order valence-electron chi connectivity index (χ3n) is 1.38. The highest BCUT2D eigenvalue weighted by Crippen LogP contribution is 2.03. The van der Waals surface area contributed by atoms with Crippen LogP contribution in [0, 0.1) is 0 Å². The zero-order valence-electron chi connectivity index (χ0n) is 8.11. The third-order valence-corrected chi connectivity index (χ3v) is 1.38. The van der Waals surface area contributed by atoms with Gasteiger partial charge in [-0.2, -0.15) is 0 Å². The second-order valence-electron chi connectivity index (χ2n) is 2.45. The van der Waals surface area contributed by atoms with E-state index in [2.05, 4.69) is 0 Å². The summed E-state index contributed by atoms with van der Waals surface area (Å²) >= 11 is 5.00. The quantitative estimate of drug-likeness (QED) is 0.765. The van der Waals surface area contributed by atoms with Crippen LogP contribution in [0.4, 0.5) is 0 Å². The minimum atomic E-state index is -1.06. The highest BCUT2D eigenvalue weighted by atomic mass is 35.5. The molecule has 4 nitrogen and oxygen atoms in total. The summed E-state index contributed by atoms with van der Waals surface area (Å²) in [4.78, 5) is 20.7. The number of carboxylic acid groups (broad SMARTS) is 2. The minimum Gasteiger partial charge on any atom is -0.478 e. The predicted octanol–water partition coefficient (Wildman–Crippen LogP) is 2.33. The van der Waals surface area contributed by atoms with Crippen molar-refractivity contribution in [3.63, 3.8) is 0 Å². The van der Waals surface area contributed by atoms with Gasteiger partial charge in [-0.05, 0) is 24.3 Å². The van der Waals surface area contributed by atoms with Crippen LogP contribution in [-0.2, 0) is 0 Å². The van der Waals surface area contributed by atoms with Crippen molar-refractivity contribution in [2.24, 2.45) is 0 Å². The van der Waals surface area contributed by atoms with Gasteiger partial charge in [0.15, 0.2) is 0 Å². The molecule has 5 heteroatoms. The number of halogens is 1. The monoisotopic (exact) mass is 230 g/mol. The molecule has 0 fully saturated rings. The Balaban J connectivity index is 0.000000583. The van der Waals surface area contributed by atoms with Crippen molar-refractivity contribution in [1.82, 2.24) is 0 Å². The molecule has 0 aromatic heterocycles. The van der Waals surface area contributed by atoms with Gasteiger partial charge in [0.05, 0.1) is 11.1 Å². The Bertz CT molecular complexity index is 299. The van der Waals surface area contributed by atoms with Crippen molar-refractivity contribution in [3.8, 4) is 0 Å². The average molecular weight is 231 g/mol. The number of carbonyl (C=O) groups is 2. The lowest BCUT2D eigenvalue weighted by molar-refractivity contribution is 0.0681. The van der Waals surface area contributed by atoms with Crippen LogP contribution in [0.5, 0.6) is 0 Å². The number of carboxylic acids is 2. The lowest BCUT2D eigenvalue weighted by atomic mass is 10.1. The van der Waals surface area contributed by atoms with Crippen molar-refractivity contribution in [2.45, 2.75) is 6.92 Å². The lowest BCUT2D eigenvalue weighted by Crippen LogP contribution is -1.99. The van der Waals surface area contributed by atoms with Crippen molar-refractivity contribution in [2.75, 3.05) is 5.88 Å². The standard InChI is InChI=1S/C8H6O4.C2H5Cl/c9-7(10)5-1-2-6(4-3-5)8(11)12;1-2-3/h1-4H,(H,9,10)(H,11,12);2H2,1H3. The molecule has 2 N–H and O–H groups in total. The van der Waals surface area contributed by atoms with Gasteiger partial charge in [0.2, 0.25) is 0 Å². The lowest BCUT2D eigenvalue weighted by Gasteiger charge is -1.94. The van der Waals surface area contributed by atoms with E-state index in [1.54, 1.807) is 0 Å². The maximum absolute atomic E-state index is 10.3. The summed E-state index contributed by atoms with van der Waals surface area (Å²) in [6.07, 6.45) is 0. The number of hydrogen-bond donors (Lipinski definition) is 2. The van der Waals surface area contributed by atoms with E-state index >= 15 is 0 Å². The Labute approximate surface area is 92.1 Å². The van der Waals surface area contributed by atoms with Crippen LogP contribution in [0.25, 0.3) is 0 Å². The van der Waals surface area contributed by atoms with Crippen molar-refractivity contribution >= 4 is 23.5 Å². The van der Waals surface area contributed by atoms with Gasteiger partial charge in [-0.1, -0.05) is 6.92 Å². The number of hydrogen-bond acceptors (Lipinski definition) is 2. The van der Waals surface area contributed by atoms with E-state index in [1.807, 2.05) is 6.92 Å². The first kappa shape index (κ1) is 13.4. The molecule has 0 bridgehead atoms. The van der Waals surface area contributed by atoms with E-state index in [4.69, 9.17) is 21.8 Å². The predicted molar refractivity (Wildman–Crippen MR) is 56.8 cm³/mol. The maximum Gasteiger partial charge on any atom is 0.335 e. The molecule has 15 heavy (non-hydrogen) atoms. The molecule has 82 valence electrons. The number of aromatic carboxylic acids is 2. The summed E-state index contributed by atoms with van der Waals surface area (Å²) in [5.74, 6) is -1.40. The molecular formula is C10H11ClO4. The molecule has 0 aliphatic rings. The van der Waals surface area contributed by atoms with E-state index in [0.717, 1.165) is 5.88 Å². The Kier molecular flexibility index (Phi) is 6.13. The topological polar surface area (TPSA) is 74.6 Å². The van der Waals surface area contributed by atoms with Crippen LogP contribution < -0.4 is 0 Å². The van der Waals surface area contributed by atoms with Crippen LogP contribution in [0.2, 0.25) is 0 Å². The van der Waals surface area contributed by atoms with Crippen molar-refractivity contribution in [3.05, 3.63) is 35.4 Å². The molecule has 0 saturated carbocycles. The van der Waals surface area contributed by atoms with E-state index < -0.39 is 11.9 Å². The molecule has 1 rings (SSSR count). The first-order chi connectivity index (χ1) is 7.02. The fourth-order valence-corrected chi connectivity index (χ4v) is 0.755. The van der Waals surface area contributed by atoms with Crippen molar-refractivity contribution in [1.29, 1.82) is 0 Å². The summed E-state index contributed by atoms with van der Waals surface area (Å²) in [6, 6.07) is 5.02. The molecule has 0 heterocycles. The molecule has 0 unspecified atom stereocenters. The molecule has 1 aromatic rings. The van der Waals surface area contributed by atoms with Gasteiger partial charge in [0.25, 0.3) is 0 Å². The van der Waals surface area contributed by atoms with Gasteiger partial charge in [-0.15, -0.1) is 11.6 Å². The van der Waals surface area contributed by atoms with Crippen LogP contribution in [0.1, 0.15) is 27.6 Å². The molecule has 0 aliphatic heterocycles. The highest BCUT2D eigenvalue weighted by Gasteiger charge is 2.04. The largest absolute Gasteiger partial charge is 0.478 e. The molecule has 1 aromatic carbocycles. The fourth-order valence-electron chi connectivity index (χ4n) is 0.755. The molecule has 0 aliphatic carbocycles. The number of benzene rings is 1. The summed E-state index contributed by atoms with van der Waals surface area (Å²) in [7, 11) is 0. The van der Waals surface area contributed by atoms with Gasteiger partial charge < -0.3 is 10.2 Å². The Morgan fingerprint density at radius 3 is 1.40 bits per heavy atom. The number of alkyl halides is 1. The third kappa shape index (κ3) is 5.02. The van der Waals surface area contributed by atoms with E-state index in [9.17, 15) is 9.59 Å². The molecular weight excluding hydrogens is 220 g/mol. The van der Waals surface area contributed by atoms with Crippen molar-refractivity contribution < 1.29 is 19.8 Å². The Morgan fingerprint density at radius 2 is 1.27 bits per heavy atom. The molecule has 0 amide bonds. The van der Waals surface area contributed by atoms with Gasteiger partial charge in [0, 0.05) is 5.88 Å². The van der Waals surface area contributed by atoms with Crippen LogP contribution >= 0.6 is 11.6 Å². The molecule has 0 saturated heterocycles. The normalized spacial score (nSPS) is 8.67. The maximum atomic E-state index is 10.3. The van der Waals surface area contributed by atoms with Crippen LogP contribution in [0.15, 0.2) is 24.3 Å². The Morgan fingerprint density at radius 1 is 1.07 bits per heavy atom. The van der Waals surface area contributed by atoms with E-state index in [-0.39, 0.29) is 11.1 Å². The first-order valence-electron chi connectivity index (χ1n) is 4.15. The highest BCUT2D eigenvalue weighted by molar-refractivity contribution is 6.17. The van der Waals surface area contributed by atoms with Crippen LogP contribution in [-0.4, -0.2) is 28.0 Å². The summed E-state index contributed by atoms with van der Waals surface area (Å²) in [5.41, 5.74) is 0.167. The second kappa shape index (κ2) is 6.84. The fraction of sp³-hybridized carbons (Fsp3) is 0.200. The second-order valence-corrected chi connectivity index (χ2v) is 2.99. The zero-order valence-corrected chi connectivity index (χ0v) is 8.86. The SMILES string of the molecule is CCCl.O=C(O)c1ccc(C(=O)O)cc1. The summed E-state index contributed by atoms with van der Waals surface area (Å²) in [5, 5.41) is 16.9. The number of rotatable bonds is 2. The minimum absolute atomic E-state index is 0.0833. The van der Waals surface area contributed by atoms with Gasteiger partial charge in [-0.25, -0.2) is 9.59 Å². The van der Waals surface area contributed by atoms with E-state index in [1.165, 1.54) is 24.3 Å². The Hall–Kier alpha value is -1.55. The van der Waals surface area contributed by atoms with Crippen LogP contribution in [0.3, 0.4) is 0 Å². The zero-order chi connectivity index (χ0) is 11.8. The van der Waals surface area contributed by atoms with Gasteiger partial charge in [-0.3, -0.25) is 0 Å². The van der Waals surface area contributed by atoms with E-state index in [0.29, 0.717) is 0 Å². The van der Waals surface area contributed by atoms with Gasteiger partial charge in [0.1, 0.15) is 0 Å². The molecule has 0 atom stereocenters. The summed E-state index contributed by atoms with van der Waals surface area (Å²) < 4.78 is 0. The molecule has 0 radical (unpaired) electrons. The first-order valence-corrected chi connectivity index (χ1v) is 4.69. The average Bonchev–Trinajstić information content (AvgIpc) is 2.19. The smallest absolute Gasteiger partial charge is 0.335 e. The summed E-state index contributed by atoms with van der Waals surface area (Å²) in [6.45, 7) is 1.89.